The van der Waals surface area contributed by atoms with Crippen molar-refractivity contribution in [2.75, 3.05) is 19.7 Å². The Hall–Kier alpha value is -2.82. The second-order valence-electron chi connectivity index (χ2n) is 7.97. The molecule has 1 heterocycles. The Morgan fingerprint density at radius 1 is 0.967 bits per heavy atom. The van der Waals surface area contributed by atoms with Gasteiger partial charge in [0.1, 0.15) is 0 Å². The van der Waals surface area contributed by atoms with Crippen molar-refractivity contribution in [3.8, 4) is 0 Å². The Kier molecular flexibility index (Phi) is 7.89. The van der Waals surface area contributed by atoms with Crippen molar-refractivity contribution >= 4 is 12.0 Å². The van der Waals surface area contributed by atoms with Gasteiger partial charge in [0.2, 0.25) is 0 Å². The summed E-state index contributed by atoms with van der Waals surface area (Å²) in [6.45, 7) is 3.90. The smallest absolute Gasteiger partial charge is 0.317 e. The van der Waals surface area contributed by atoms with Crippen molar-refractivity contribution in [3.63, 3.8) is 0 Å². The number of nitrogens with zero attached hydrogens (tertiary/aromatic N) is 1. The molecule has 5 heteroatoms. The number of carbonyl (C=O) groups is 2. The van der Waals surface area contributed by atoms with E-state index in [2.05, 4.69) is 17.4 Å². The fourth-order valence-corrected chi connectivity index (χ4v) is 4.14. The van der Waals surface area contributed by atoms with Crippen LogP contribution in [-0.2, 0) is 22.5 Å². The Morgan fingerprint density at radius 2 is 1.57 bits per heavy atom. The summed E-state index contributed by atoms with van der Waals surface area (Å²) >= 11 is 0. The third kappa shape index (κ3) is 5.85. The van der Waals surface area contributed by atoms with E-state index in [1.165, 1.54) is 5.56 Å². The summed E-state index contributed by atoms with van der Waals surface area (Å²) in [7, 11) is 0. The molecular formula is C25H32N2O3. The SMILES string of the molecule is CCOC(=O)C1(CCCc2ccccc2)CCN(C(=O)NCc2ccccc2)CC1. The van der Waals surface area contributed by atoms with Crippen molar-refractivity contribution < 1.29 is 14.3 Å². The maximum Gasteiger partial charge on any atom is 0.317 e. The van der Waals surface area contributed by atoms with Gasteiger partial charge in [0.05, 0.1) is 12.0 Å². The molecule has 30 heavy (non-hydrogen) atoms. The number of esters is 1. The molecule has 1 aliphatic heterocycles. The van der Waals surface area contributed by atoms with E-state index in [-0.39, 0.29) is 12.0 Å². The summed E-state index contributed by atoms with van der Waals surface area (Å²) in [5.41, 5.74) is 1.87. The molecule has 0 unspecified atom stereocenters. The van der Waals surface area contributed by atoms with Gasteiger partial charge in [0.25, 0.3) is 0 Å². The molecule has 1 aliphatic rings. The van der Waals surface area contributed by atoms with Gasteiger partial charge in [-0.05, 0) is 50.2 Å². The number of hydrogen-bond donors (Lipinski definition) is 1. The number of piperidine rings is 1. The zero-order valence-corrected chi connectivity index (χ0v) is 17.8. The first-order chi connectivity index (χ1) is 14.6. The molecule has 0 aromatic heterocycles. The van der Waals surface area contributed by atoms with Crippen LogP contribution >= 0.6 is 0 Å². The largest absolute Gasteiger partial charge is 0.466 e. The van der Waals surface area contributed by atoms with Crippen LogP contribution in [0, 0.1) is 5.41 Å². The number of urea groups is 1. The predicted molar refractivity (Wildman–Crippen MR) is 118 cm³/mol. The summed E-state index contributed by atoms with van der Waals surface area (Å²) < 4.78 is 5.43. The third-order valence-electron chi connectivity index (χ3n) is 5.97. The number of ether oxygens (including phenoxy) is 1. The highest BCUT2D eigenvalue weighted by Crippen LogP contribution is 2.38. The molecule has 2 aromatic carbocycles. The van der Waals surface area contributed by atoms with Gasteiger partial charge in [-0.3, -0.25) is 4.79 Å². The van der Waals surface area contributed by atoms with Crippen LogP contribution in [0.25, 0.3) is 0 Å². The van der Waals surface area contributed by atoms with Crippen LogP contribution in [0.4, 0.5) is 4.79 Å². The highest BCUT2D eigenvalue weighted by Gasteiger charge is 2.42. The van der Waals surface area contributed by atoms with Gasteiger partial charge >= 0.3 is 12.0 Å². The minimum Gasteiger partial charge on any atom is -0.466 e. The van der Waals surface area contributed by atoms with Crippen LogP contribution in [0.5, 0.6) is 0 Å². The lowest BCUT2D eigenvalue weighted by Crippen LogP contribution is -2.50. The number of amides is 2. The van der Waals surface area contributed by atoms with Crippen LogP contribution in [0.2, 0.25) is 0 Å². The summed E-state index contributed by atoms with van der Waals surface area (Å²) in [5, 5.41) is 2.99. The number of hydrogen-bond acceptors (Lipinski definition) is 3. The summed E-state index contributed by atoms with van der Waals surface area (Å²) in [5.74, 6) is -0.109. The van der Waals surface area contributed by atoms with Gasteiger partial charge in [-0.1, -0.05) is 60.7 Å². The first-order valence-corrected chi connectivity index (χ1v) is 10.9. The molecule has 3 rings (SSSR count). The maximum absolute atomic E-state index is 12.8. The second kappa shape index (κ2) is 10.8. The van der Waals surface area contributed by atoms with Crippen molar-refractivity contribution in [1.82, 2.24) is 10.2 Å². The molecular weight excluding hydrogens is 376 g/mol. The van der Waals surface area contributed by atoms with E-state index in [4.69, 9.17) is 4.74 Å². The molecule has 5 nitrogen and oxygen atoms in total. The van der Waals surface area contributed by atoms with Gasteiger partial charge in [0, 0.05) is 19.6 Å². The van der Waals surface area contributed by atoms with Crippen LogP contribution in [-0.4, -0.2) is 36.6 Å². The number of likely N-dealkylation sites (tertiary alicyclic amines) is 1. The normalized spacial score (nSPS) is 15.4. The molecule has 2 amide bonds. The third-order valence-corrected chi connectivity index (χ3v) is 5.97. The summed E-state index contributed by atoms with van der Waals surface area (Å²) in [4.78, 5) is 27.2. The molecule has 2 aromatic rings. The van der Waals surface area contributed by atoms with Crippen LogP contribution in [0.15, 0.2) is 60.7 Å². The Balaban J connectivity index is 1.54. The molecule has 1 saturated heterocycles. The van der Waals surface area contributed by atoms with E-state index >= 15 is 0 Å². The van der Waals surface area contributed by atoms with Crippen LogP contribution < -0.4 is 5.32 Å². The summed E-state index contributed by atoms with van der Waals surface area (Å²) in [6, 6.07) is 20.2. The molecule has 0 saturated carbocycles. The Morgan fingerprint density at radius 3 is 2.17 bits per heavy atom. The van der Waals surface area contributed by atoms with E-state index in [9.17, 15) is 9.59 Å². The lowest BCUT2D eigenvalue weighted by atomic mass is 9.74. The van der Waals surface area contributed by atoms with E-state index < -0.39 is 5.41 Å². The molecule has 0 bridgehead atoms. The van der Waals surface area contributed by atoms with E-state index in [0.29, 0.717) is 39.1 Å². The predicted octanol–water partition coefficient (Wildman–Crippen LogP) is 4.56. The quantitative estimate of drug-likeness (QED) is 0.651. The van der Waals surface area contributed by atoms with E-state index in [0.717, 1.165) is 24.8 Å². The fourth-order valence-electron chi connectivity index (χ4n) is 4.14. The zero-order valence-electron chi connectivity index (χ0n) is 17.8. The number of nitrogens with one attached hydrogen (secondary N) is 1. The lowest BCUT2D eigenvalue weighted by molar-refractivity contribution is -0.159. The molecule has 0 aliphatic carbocycles. The Labute approximate surface area is 179 Å². The Bertz CT molecular complexity index is 800. The first kappa shape index (κ1) is 21.9. The van der Waals surface area contributed by atoms with Gasteiger partial charge in [0.15, 0.2) is 0 Å². The van der Waals surface area contributed by atoms with Crippen molar-refractivity contribution in [2.45, 2.75) is 45.6 Å². The van der Waals surface area contributed by atoms with E-state index in [1.54, 1.807) is 0 Å². The zero-order chi connectivity index (χ0) is 21.2. The van der Waals surface area contributed by atoms with Crippen LogP contribution in [0.3, 0.4) is 0 Å². The molecule has 1 fully saturated rings. The number of benzene rings is 2. The van der Waals surface area contributed by atoms with Crippen molar-refractivity contribution in [1.29, 1.82) is 0 Å². The van der Waals surface area contributed by atoms with E-state index in [1.807, 2.05) is 60.4 Å². The lowest BCUT2D eigenvalue weighted by Gasteiger charge is -2.40. The molecule has 1 N–H and O–H groups in total. The average molecular weight is 409 g/mol. The minimum absolute atomic E-state index is 0.0689. The van der Waals surface area contributed by atoms with Crippen LogP contribution in [0.1, 0.15) is 43.7 Å². The summed E-state index contributed by atoms with van der Waals surface area (Å²) in [6.07, 6.45) is 3.98. The monoisotopic (exact) mass is 408 g/mol. The minimum atomic E-state index is -0.485. The molecule has 160 valence electrons. The highest BCUT2D eigenvalue weighted by molar-refractivity contribution is 5.78. The first-order valence-electron chi connectivity index (χ1n) is 10.9. The van der Waals surface area contributed by atoms with Crippen molar-refractivity contribution in [3.05, 3.63) is 71.8 Å². The molecule has 0 spiro atoms. The fraction of sp³-hybridized carbons (Fsp3) is 0.440. The van der Waals surface area contributed by atoms with Crippen molar-refractivity contribution in [2.24, 2.45) is 5.41 Å². The highest BCUT2D eigenvalue weighted by atomic mass is 16.5. The number of carbonyl (C=O) groups excluding carboxylic acids is 2. The van der Waals surface area contributed by atoms with Gasteiger partial charge in [-0.2, -0.15) is 0 Å². The maximum atomic E-state index is 12.8. The topological polar surface area (TPSA) is 58.6 Å². The standard InChI is InChI=1S/C25H32N2O3/c1-2-30-23(28)25(15-9-14-21-10-5-3-6-11-21)16-18-27(19-17-25)24(29)26-20-22-12-7-4-8-13-22/h3-8,10-13H,2,9,14-20H2,1H3,(H,26,29). The number of aryl methyl sites for hydroxylation is 1. The average Bonchev–Trinajstić information content (AvgIpc) is 2.79. The second-order valence-corrected chi connectivity index (χ2v) is 7.97. The number of rotatable bonds is 8. The van der Waals surface area contributed by atoms with Gasteiger partial charge in [-0.15, -0.1) is 0 Å². The molecule has 0 atom stereocenters. The molecule has 0 radical (unpaired) electrons. The van der Waals surface area contributed by atoms with Gasteiger partial charge in [-0.25, -0.2) is 4.79 Å². The van der Waals surface area contributed by atoms with Gasteiger partial charge < -0.3 is 15.0 Å².